The Bertz CT molecular complexity index is 846. The van der Waals surface area contributed by atoms with E-state index in [0.717, 1.165) is 31.7 Å². The number of carbonyl (C=O) groups is 1. The zero-order valence-corrected chi connectivity index (χ0v) is 16.9. The van der Waals surface area contributed by atoms with Gasteiger partial charge in [-0.15, -0.1) is 0 Å². The fraction of sp³-hybridized carbons (Fsp3) is 0.391. The van der Waals surface area contributed by atoms with Gasteiger partial charge in [0.1, 0.15) is 0 Å². The van der Waals surface area contributed by atoms with Gasteiger partial charge in [0.25, 0.3) is 5.91 Å². The summed E-state index contributed by atoms with van der Waals surface area (Å²) in [6.07, 6.45) is 0. The fourth-order valence-electron chi connectivity index (χ4n) is 3.62. The molecule has 0 aliphatic carbocycles. The molecule has 0 spiro atoms. The molecule has 0 unspecified atom stereocenters. The lowest BCUT2D eigenvalue weighted by molar-refractivity contribution is 0.0785. The second kappa shape index (κ2) is 8.90. The molecule has 2 aromatic carbocycles. The first kappa shape index (κ1) is 19.9. The Morgan fingerprint density at radius 3 is 2.39 bits per heavy atom. The Kier molecular flexibility index (Phi) is 6.33. The van der Waals surface area contributed by atoms with Crippen LogP contribution in [0, 0.1) is 11.3 Å². The summed E-state index contributed by atoms with van der Waals surface area (Å²) < 4.78 is 0. The molecule has 1 heterocycles. The molecule has 5 heteroatoms. The smallest absolute Gasteiger partial charge is 0.253 e. The molecular formula is C23H28N4O. The Morgan fingerprint density at radius 2 is 1.79 bits per heavy atom. The van der Waals surface area contributed by atoms with Crippen molar-refractivity contribution < 1.29 is 4.79 Å². The third-order valence-corrected chi connectivity index (χ3v) is 5.35. The van der Waals surface area contributed by atoms with Crippen molar-refractivity contribution in [2.24, 2.45) is 0 Å². The minimum atomic E-state index is -0.0152. The molecule has 1 fully saturated rings. The van der Waals surface area contributed by atoms with Gasteiger partial charge in [-0.3, -0.25) is 9.69 Å². The summed E-state index contributed by atoms with van der Waals surface area (Å²) in [7, 11) is 1.79. The standard InChI is InChI=1S/C23H28N4O/c1-18(2)26-11-13-27(14-12-26)22-9-7-21(8-10-22)23(28)25(3)17-20-6-4-5-19(15-20)16-24/h4-10,15,18H,11-14,17H2,1-3H3. The van der Waals surface area contributed by atoms with Crippen LogP contribution in [0.2, 0.25) is 0 Å². The molecule has 2 aromatic rings. The van der Waals surface area contributed by atoms with Crippen molar-refractivity contribution in [2.45, 2.75) is 26.4 Å². The van der Waals surface area contributed by atoms with E-state index in [0.29, 0.717) is 23.7 Å². The van der Waals surface area contributed by atoms with Gasteiger partial charge in [-0.25, -0.2) is 0 Å². The Labute approximate surface area is 167 Å². The van der Waals surface area contributed by atoms with E-state index in [1.54, 1.807) is 18.0 Å². The van der Waals surface area contributed by atoms with Crippen LogP contribution in [0.25, 0.3) is 0 Å². The number of hydrogen-bond donors (Lipinski definition) is 0. The average Bonchev–Trinajstić information content (AvgIpc) is 2.73. The number of carbonyl (C=O) groups excluding carboxylic acids is 1. The topological polar surface area (TPSA) is 50.6 Å². The highest BCUT2D eigenvalue weighted by Crippen LogP contribution is 2.19. The molecule has 146 valence electrons. The number of hydrogen-bond acceptors (Lipinski definition) is 4. The highest BCUT2D eigenvalue weighted by atomic mass is 16.2. The number of nitrogens with zero attached hydrogens (tertiary/aromatic N) is 4. The lowest BCUT2D eigenvalue weighted by Gasteiger charge is -2.38. The number of nitriles is 1. The molecule has 0 N–H and O–H groups in total. The van der Waals surface area contributed by atoms with E-state index in [1.807, 2.05) is 42.5 Å². The molecule has 1 aliphatic rings. The van der Waals surface area contributed by atoms with Gasteiger partial charge in [-0.1, -0.05) is 12.1 Å². The van der Waals surface area contributed by atoms with Crippen molar-refractivity contribution in [3.63, 3.8) is 0 Å². The van der Waals surface area contributed by atoms with Gasteiger partial charge < -0.3 is 9.80 Å². The van der Waals surface area contributed by atoms with Crippen LogP contribution in [-0.4, -0.2) is 55.0 Å². The van der Waals surface area contributed by atoms with Crippen molar-refractivity contribution in [1.82, 2.24) is 9.80 Å². The first-order valence-electron chi connectivity index (χ1n) is 9.81. The largest absolute Gasteiger partial charge is 0.369 e. The van der Waals surface area contributed by atoms with Gasteiger partial charge in [0.15, 0.2) is 0 Å². The van der Waals surface area contributed by atoms with Crippen molar-refractivity contribution in [1.29, 1.82) is 5.26 Å². The van der Waals surface area contributed by atoms with E-state index in [1.165, 1.54) is 5.69 Å². The van der Waals surface area contributed by atoms with Gasteiger partial charge in [-0.2, -0.15) is 5.26 Å². The van der Waals surface area contributed by atoms with E-state index in [9.17, 15) is 4.79 Å². The molecule has 5 nitrogen and oxygen atoms in total. The van der Waals surface area contributed by atoms with E-state index < -0.39 is 0 Å². The normalized spacial score (nSPS) is 14.8. The van der Waals surface area contributed by atoms with Gasteiger partial charge in [0, 0.05) is 57.1 Å². The lowest BCUT2D eigenvalue weighted by Crippen LogP contribution is -2.48. The second-order valence-electron chi connectivity index (χ2n) is 7.64. The number of anilines is 1. The van der Waals surface area contributed by atoms with Crippen LogP contribution in [0.15, 0.2) is 48.5 Å². The van der Waals surface area contributed by atoms with Crippen LogP contribution in [0.1, 0.15) is 35.3 Å². The van der Waals surface area contributed by atoms with E-state index in [-0.39, 0.29) is 5.91 Å². The van der Waals surface area contributed by atoms with Crippen LogP contribution >= 0.6 is 0 Å². The van der Waals surface area contributed by atoms with E-state index in [2.05, 4.69) is 29.7 Å². The zero-order valence-electron chi connectivity index (χ0n) is 16.9. The quantitative estimate of drug-likeness (QED) is 0.803. The van der Waals surface area contributed by atoms with Crippen LogP contribution in [0.4, 0.5) is 5.69 Å². The minimum absolute atomic E-state index is 0.0152. The van der Waals surface area contributed by atoms with Gasteiger partial charge in [-0.05, 0) is 55.8 Å². The Hall–Kier alpha value is -2.84. The zero-order chi connectivity index (χ0) is 20.1. The monoisotopic (exact) mass is 376 g/mol. The first-order chi connectivity index (χ1) is 13.5. The average molecular weight is 377 g/mol. The molecule has 0 atom stereocenters. The van der Waals surface area contributed by atoms with Crippen molar-refractivity contribution in [3.05, 3.63) is 65.2 Å². The molecular weight excluding hydrogens is 348 g/mol. The predicted octanol–water partition coefficient (Wildman–Crippen LogP) is 3.36. The van der Waals surface area contributed by atoms with Crippen molar-refractivity contribution in [2.75, 3.05) is 38.1 Å². The molecule has 1 saturated heterocycles. The minimum Gasteiger partial charge on any atom is -0.369 e. The highest BCUT2D eigenvalue weighted by molar-refractivity contribution is 5.94. The van der Waals surface area contributed by atoms with Crippen molar-refractivity contribution >= 4 is 11.6 Å². The molecule has 1 amide bonds. The summed E-state index contributed by atoms with van der Waals surface area (Å²) in [6, 6.07) is 18.0. The van der Waals surface area contributed by atoms with Gasteiger partial charge >= 0.3 is 0 Å². The molecule has 28 heavy (non-hydrogen) atoms. The molecule has 1 aliphatic heterocycles. The van der Waals surface area contributed by atoms with Gasteiger partial charge in [0.05, 0.1) is 11.6 Å². The fourth-order valence-corrected chi connectivity index (χ4v) is 3.62. The third kappa shape index (κ3) is 4.71. The van der Waals surface area contributed by atoms with E-state index >= 15 is 0 Å². The maximum atomic E-state index is 12.7. The number of rotatable bonds is 5. The number of benzene rings is 2. The molecule has 0 aromatic heterocycles. The van der Waals surface area contributed by atoms with Crippen molar-refractivity contribution in [3.8, 4) is 6.07 Å². The Morgan fingerprint density at radius 1 is 1.11 bits per heavy atom. The highest BCUT2D eigenvalue weighted by Gasteiger charge is 2.19. The predicted molar refractivity (Wildman–Crippen MR) is 112 cm³/mol. The summed E-state index contributed by atoms with van der Waals surface area (Å²) in [4.78, 5) is 19.3. The third-order valence-electron chi connectivity index (χ3n) is 5.35. The summed E-state index contributed by atoms with van der Waals surface area (Å²) in [5.41, 5.74) is 3.42. The summed E-state index contributed by atoms with van der Waals surface area (Å²) in [5, 5.41) is 9.02. The number of piperazine rings is 1. The van der Waals surface area contributed by atoms with Gasteiger partial charge in [0.2, 0.25) is 0 Å². The summed E-state index contributed by atoms with van der Waals surface area (Å²) in [5.74, 6) is -0.0152. The van der Waals surface area contributed by atoms with Crippen LogP contribution in [0.5, 0.6) is 0 Å². The van der Waals surface area contributed by atoms with Crippen LogP contribution in [-0.2, 0) is 6.54 Å². The van der Waals surface area contributed by atoms with Crippen LogP contribution in [0.3, 0.4) is 0 Å². The second-order valence-corrected chi connectivity index (χ2v) is 7.64. The number of amides is 1. The maximum absolute atomic E-state index is 12.7. The first-order valence-corrected chi connectivity index (χ1v) is 9.81. The SMILES string of the molecule is CC(C)N1CCN(c2ccc(C(=O)N(C)Cc3cccc(C#N)c3)cc2)CC1. The molecule has 3 rings (SSSR count). The summed E-state index contributed by atoms with van der Waals surface area (Å²) in [6.45, 7) is 9.13. The molecule has 0 bridgehead atoms. The molecule has 0 radical (unpaired) electrons. The summed E-state index contributed by atoms with van der Waals surface area (Å²) >= 11 is 0. The van der Waals surface area contributed by atoms with Crippen LogP contribution < -0.4 is 4.90 Å². The molecule has 0 saturated carbocycles. The lowest BCUT2D eigenvalue weighted by atomic mass is 10.1. The van der Waals surface area contributed by atoms with E-state index in [4.69, 9.17) is 5.26 Å². The maximum Gasteiger partial charge on any atom is 0.253 e. The Balaban J connectivity index is 1.61.